The lowest BCUT2D eigenvalue weighted by Gasteiger charge is -2.48. The predicted octanol–water partition coefficient (Wildman–Crippen LogP) is 14.7. The first-order valence-corrected chi connectivity index (χ1v) is 42.0. The van der Waals surface area contributed by atoms with Crippen molar-refractivity contribution in [2.24, 2.45) is 0 Å². The van der Waals surface area contributed by atoms with Crippen LogP contribution in [0.3, 0.4) is 0 Å². The number of ether oxygens (including phenoxy) is 6. The van der Waals surface area contributed by atoms with Crippen molar-refractivity contribution in [2.45, 2.75) is 413 Å². The smallest absolute Gasteiger partial charge is 0.220 e. The van der Waals surface area contributed by atoms with E-state index < -0.39 is 124 Å². The molecule has 0 bridgehead atoms. The highest BCUT2D eigenvalue weighted by Crippen LogP contribution is 2.33. The molecule has 105 heavy (non-hydrogen) atoms. The molecule has 19 heteroatoms. The van der Waals surface area contributed by atoms with Gasteiger partial charge in [-0.25, -0.2) is 0 Å². The van der Waals surface area contributed by atoms with E-state index in [4.69, 9.17) is 28.4 Å². The minimum absolute atomic E-state index is 0.220. The molecule has 0 radical (unpaired) electrons. The topological polar surface area (TPSA) is 307 Å². The minimum Gasteiger partial charge on any atom is -0.394 e. The molecule has 608 valence electrons. The Labute approximate surface area is 634 Å². The molecular formula is C86H151NO18. The van der Waals surface area contributed by atoms with Crippen molar-refractivity contribution in [1.29, 1.82) is 0 Å². The number of carbonyl (C=O) groups is 1. The van der Waals surface area contributed by atoms with Gasteiger partial charge in [0.2, 0.25) is 5.91 Å². The fourth-order valence-corrected chi connectivity index (χ4v) is 13.7. The molecule has 3 aliphatic rings. The van der Waals surface area contributed by atoms with E-state index in [-0.39, 0.29) is 18.9 Å². The third-order valence-corrected chi connectivity index (χ3v) is 20.4. The number of aliphatic hydroxyl groups excluding tert-OH is 11. The Morgan fingerprint density at radius 1 is 0.352 bits per heavy atom. The van der Waals surface area contributed by atoms with Gasteiger partial charge in [-0.15, -0.1) is 0 Å². The summed E-state index contributed by atoms with van der Waals surface area (Å²) in [4.78, 5) is 13.5. The number of carbonyl (C=O) groups excluding carboxylic acids is 1. The van der Waals surface area contributed by atoms with Crippen molar-refractivity contribution in [3.63, 3.8) is 0 Å². The first-order chi connectivity index (χ1) is 51.3. The van der Waals surface area contributed by atoms with Crippen LogP contribution in [0.25, 0.3) is 0 Å². The number of rotatable bonds is 66. The monoisotopic (exact) mass is 1490 g/mol. The summed E-state index contributed by atoms with van der Waals surface area (Å²) in [6.07, 6.45) is 62.6. The highest BCUT2D eigenvalue weighted by molar-refractivity contribution is 5.76. The fourth-order valence-electron chi connectivity index (χ4n) is 13.7. The molecule has 3 fully saturated rings. The third kappa shape index (κ3) is 45.0. The molecule has 3 saturated heterocycles. The first kappa shape index (κ1) is 95.9. The van der Waals surface area contributed by atoms with Crippen molar-refractivity contribution < 1.29 is 89.4 Å². The number of allylic oxidation sites excluding steroid dienone is 15. The maximum absolute atomic E-state index is 13.5. The van der Waals surface area contributed by atoms with Crippen molar-refractivity contribution >= 4 is 5.91 Å². The van der Waals surface area contributed by atoms with Crippen LogP contribution in [0.1, 0.15) is 309 Å². The number of unbranched alkanes of at least 4 members (excludes halogenated alkanes) is 36. The lowest BCUT2D eigenvalue weighted by molar-refractivity contribution is -0.379. The summed E-state index contributed by atoms with van der Waals surface area (Å²) in [6, 6.07) is -1.00. The van der Waals surface area contributed by atoms with E-state index in [9.17, 15) is 61.0 Å². The Hall–Kier alpha value is -3.29. The van der Waals surface area contributed by atoms with Gasteiger partial charge in [-0.1, -0.05) is 317 Å². The van der Waals surface area contributed by atoms with E-state index in [0.29, 0.717) is 12.8 Å². The summed E-state index contributed by atoms with van der Waals surface area (Å²) in [6.45, 7) is 1.62. The summed E-state index contributed by atoms with van der Waals surface area (Å²) >= 11 is 0. The molecule has 19 nitrogen and oxygen atoms in total. The largest absolute Gasteiger partial charge is 0.394 e. The van der Waals surface area contributed by atoms with Gasteiger partial charge in [0.1, 0.15) is 73.2 Å². The van der Waals surface area contributed by atoms with E-state index in [0.717, 1.165) is 96.3 Å². The van der Waals surface area contributed by atoms with Gasteiger partial charge in [-0.3, -0.25) is 4.79 Å². The minimum atomic E-state index is -1.99. The van der Waals surface area contributed by atoms with E-state index in [2.05, 4.69) is 104 Å². The fraction of sp³-hybridized carbons (Fsp3) is 0.802. The highest BCUT2D eigenvalue weighted by Gasteiger charge is 2.54. The number of nitrogens with one attached hydrogen (secondary N) is 1. The van der Waals surface area contributed by atoms with E-state index in [1.165, 1.54) is 180 Å². The van der Waals surface area contributed by atoms with Crippen LogP contribution in [0, 0.1) is 0 Å². The second kappa shape index (κ2) is 65.4. The van der Waals surface area contributed by atoms with Gasteiger partial charge in [0.05, 0.1) is 38.6 Å². The molecule has 17 atom stereocenters. The molecular weight excluding hydrogens is 1330 g/mol. The molecule has 3 rings (SSSR count). The Bertz CT molecular complexity index is 2270. The van der Waals surface area contributed by atoms with Crippen LogP contribution in [0.5, 0.6) is 0 Å². The van der Waals surface area contributed by atoms with Crippen LogP contribution < -0.4 is 5.32 Å². The Balaban J connectivity index is 1.38. The van der Waals surface area contributed by atoms with E-state index in [1.54, 1.807) is 6.08 Å². The second-order valence-corrected chi connectivity index (χ2v) is 29.6. The maximum Gasteiger partial charge on any atom is 0.220 e. The second-order valence-electron chi connectivity index (χ2n) is 29.6. The zero-order chi connectivity index (χ0) is 76.0. The SMILES string of the molecule is CC/C=C\C/C=C\C/C=C\C/C=C\C/C=C\C/C=C\CCCCCCCCCCC(=O)NC(COC1OC(CO)C(OC2OC(CO)C(OC3OC(CO)C(O)C(O)C3O)C(O)C2O)C(O)C1O)C(O)/C=C/CC/C=C/CCCCCCCCCCCCCCCCCCCCCCCCCCCCC. The molecule has 0 aromatic rings. The van der Waals surface area contributed by atoms with Gasteiger partial charge in [-0.2, -0.15) is 0 Å². The Morgan fingerprint density at radius 3 is 1.07 bits per heavy atom. The average Bonchev–Trinajstić information content (AvgIpc) is 0.781. The molecule has 1 amide bonds. The van der Waals surface area contributed by atoms with Gasteiger partial charge >= 0.3 is 0 Å². The van der Waals surface area contributed by atoms with Crippen LogP contribution in [-0.4, -0.2) is 193 Å². The van der Waals surface area contributed by atoms with Crippen LogP contribution in [0.15, 0.2) is 97.2 Å². The average molecular weight is 1490 g/mol. The Kier molecular flexibility index (Phi) is 59.8. The van der Waals surface area contributed by atoms with Gasteiger partial charge < -0.3 is 89.9 Å². The molecule has 0 saturated carbocycles. The lowest BCUT2D eigenvalue weighted by atomic mass is 9.96. The molecule has 0 aliphatic carbocycles. The van der Waals surface area contributed by atoms with Crippen molar-refractivity contribution in [3.8, 4) is 0 Å². The molecule has 3 aliphatic heterocycles. The predicted molar refractivity (Wildman–Crippen MR) is 420 cm³/mol. The summed E-state index contributed by atoms with van der Waals surface area (Å²) in [7, 11) is 0. The number of hydrogen-bond donors (Lipinski definition) is 12. The maximum atomic E-state index is 13.5. The summed E-state index contributed by atoms with van der Waals surface area (Å²) in [5.41, 5.74) is 0. The van der Waals surface area contributed by atoms with Crippen molar-refractivity contribution in [3.05, 3.63) is 97.2 Å². The van der Waals surface area contributed by atoms with Gasteiger partial charge in [0.25, 0.3) is 0 Å². The molecule has 0 spiro atoms. The normalized spacial score (nSPS) is 26.3. The quantitative estimate of drug-likeness (QED) is 0.0199. The van der Waals surface area contributed by atoms with Gasteiger partial charge in [0, 0.05) is 6.42 Å². The van der Waals surface area contributed by atoms with Crippen LogP contribution in [0.4, 0.5) is 0 Å². The molecule has 17 unspecified atom stereocenters. The molecule has 0 aromatic carbocycles. The molecule has 3 heterocycles. The van der Waals surface area contributed by atoms with Gasteiger partial charge in [0.15, 0.2) is 18.9 Å². The summed E-state index contributed by atoms with van der Waals surface area (Å²) in [5, 5.41) is 121. The first-order valence-electron chi connectivity index (χ1n) is 42.0. The Morgan fingerprint density at radius 2 is 0.667 bits per heavy atom. The lowest BCUT2D eigenvalue weighted by Crippen LogP contribution is -2.66. The number of aliphatic hydroxyl groups is 11. The third-order valence-electron chi connectivity index (χ3n) is 20.4. The zero-order valence-electron chi connectivity index (χ0n) is 65.2. The van der Waals surface area contributed by atoms with Crippen LogP contribution in [-0.2, 0) is 33.2 Å². The number of hydrogen-bond acceptors (Lipinski definition) is 18. The standard InChI is InChI=1S/C86H151NO18/c1-3-5-7-9-11-13-15-17-19-21-23-25-27-29-31-32-33-34-35-36-38-39-41-43-45-47-49-51-53-55-57-59-61-63-70(91)69(87-74(92)64-62-60-58-56-54-52-50-48-46-44-42-40-37-30-28-26-24-22-20-18-16-14-12-10-8-6-4-2)68-100-84-80(98)77(95)82(72(66-89)102-84)105-86-81(99)78(96)83(73(67-90)103-86)104-85-79(97)76(94)75(93)71(65-88)101-85/h6,8,12,14,18,20,24,26,30,37,42,44,53,55,61,63,69-73,75-86,88-91,93-99H,3-5,7,9-11,13,15-17,19,21-23,25,27-29,31-36,38-41,43,45-52,54,56-60,62,64-68H2,1-2H3,(H,87,92)/b8-6-,14-12-,20-18-,26-24-,37-30-,44-42-,55-53+,63-61+. The van der Waals surface area contributed by atoms with E-state index in [1.807, 2.05) is 6.08 Å². The van der Waals surface area contributed by atoms with Crippen molar-refractivity contribution in [1.82, 2.24) is 5.32 Å². The summed E-state index contributed by atoms with van der Waals surface area (Å²) < 4.78 is 34.4. The van der Waals surface area contributed by atoms with Gasteiger partial charge in [-0.05, 0) is 83.5 Å². The van der Waals surface area contributed by atoms with Crippen molar-refractivity contribution in [2.75, 3.05) is 26.4 Å². The van der Waals surface area contributed by atoms with E-state index >= 15 is 0 Å². The zero-order valence-corrected chi connectivity index (χ0v) is 65.2. The van der Waals surface area contributed by atoms with Crippen LogP contribution >= 0.6 is 0 Å². The highest BCUT2D eigenvalue weighted by atomic mass is 16.8. The summed E-state index contributed by atoms with van der Waals surface area (Å²) in [5.74, 6) is -0.295. The number of amides is 1. The van der Waals surface area contributed by atoms with Crippen LogP contribution in [0.2, 0.25) is 0 Å². The molecule has 0 aromatic heterocycles. The molecule has 12 N–H and O–H groups in total.